The van der Waals surface area contributed by atoms with E-state index in [2.05, 4.69) is 240 Å². The highest BCUT2D eigenvalue weighted by atomic mass is 15.1. The first-order valence-corrected chi connectivity index (χ1v) is 19.9. The van der Waals surface area contributed by atoms with Gasteiger partial charge in [0.05, 0.1) is 11.0 Å². The first-order valence-electron chi connectivity index (χ1n) is 19.9. The number of anilines is 3. The largest absolute Gasteiger partial charge is 0.311 e. The van der Waals surface area contributed by atoms with E-state index < -0.39 is 0 Å². The van der Waals surface area contributed by atoms with Crippen LogP contribution < -0.4 is 4.90 Å². The highest BCUT2D eigenvalue weighted by molar-refractivity contribution is 6.21. The van der Waals surface area contributed by atoms with Crippen LogP contribution in [-0.2, 0) is 0 Å². The molecule has 11 aromatic rings. The Labute approximate surface area is 338 Å². The third-order valence-corrected chi connectivity index (χ3v) is 11.6. The van der Waals surface area contributed by atoms with E-state index in [1.165, 1.54) is 76.7 Å². The summed E-state index contributed by atoms with van der Waals surface area (Å²) in [6.45, 7) is 0. The van der Waals surface area contributed by atoms with Gasteiger partial charge in [0, 0.05) is 39.1 Å². The molecular formula is C56H38N2. The lowest BCUT2D eigenvalue weighted by Crippen LogP contribution is -2.09. The van der Waals surface area contributed by atoms with Gasteiger partial charge >= 0.3 is 0 Å². The minimum atomic E-state index is 1.09. The molecule has 0 bridgehead atoms. The maximum absolute atomic E-state index is 2.47. The van der Waals surface area contributed by atoms with Crippen molar-refractivity contribution in [1.29, 1.82) is 0 Å². The Morgan fingerprint density at radius 3 is 1.36 bits per heavy atom. The third kappa shape index (κ3) is 5.82. The standard InChI is InChI=1S/C56H38N2/c1-3-13-39(14-4-1)42-23-30-47(31-24-42)57(48-32-25-43(26-33-48)40-15-5-2-6-16-40)49-34-28-44(29-35-49)55-51-20-10-9-19-46(51)38-53-52-21-11-12-22-54(52)58(56(53)55)50-36-27-41-17-7-8-18-45(41)37-50/h1-38H. The van der Waals surface area contributed by atoms with E-state index in [0.29, 0.717) is 0 Å². The second-order valence-electron chi connectivity index (χ2n) is 15.0. The van der Waals surface area contributed by atoms with Gasteiger partial charge < -0.3 is 9.47 Å². The van der Waals surface area contributed by atoms with Crippen molar-refractivity contribution in [1.82, 2.24) is 4.57 Å². The van der Waals surface area contributed by atoms with E-state index in [4.69, 9.17) is 0 Å². The van der Waals surface area contributed by atoms with Gasteiger partial charge in [-0.05, 0) is 110 Å². The van der Waals surface area contributed by atoms with Gasteiger partial charge in [-0.15, -0.1) is 0 Å². The van der Waals surface area contributed by atoms with Crippen molar-refractivity contribution < 1.29 is 0 Å². The van der Waals surface area contributed by atoms with Gasteiger partial charge in [-0.2, -0.15) is 0 Å². The van der Waals surface area contributed by atoms with Crippen molar-refractivity contribution in [2.45, 2.75) is 0 Å². The zero-order chi connectivity index (χ0) is 38.4. The average molecular weight is 739 g/mol. The Hall–Kier alpha value is -7.68. The van der Waals surface area contributed by atoms with Crippen LogP contribution in [0.1, 0.15) is 0 Å². The van der Waals surface area contributed by atoms with E-state index in [0.717, 1.165) is 22.7 Å². The summed E-state index contributed by atoms with van der Waals surface area (Å²) in [5, 5.41) is 7.43. The molecule has 0 aliphatic rings. The molecule has 2 heteroatoms. The molecule has 1 aromatic heterocycles. The molecule has 0 N–H and O–H groups in total. The normalized spacial score (nSPS) is 11.4. The van der Waals surface area contributed by atoms with Crippen LogP contribution in [0.2, 0.25) is 0 Å². The zero-order valence-electron chi connectivity index (χ0n) is 31.8. The minimum Gasteiger partial charge on any atom is -0.311 e. The molecule has 58 heavy (non-hydrogen) atoms. The molecule has 1 heterocycles. The number of aromatic nitrogens is 1. The molecule has 0 atom stereocenters. The zero-order valence-corrected chi connectivity index (χ0v) is 31.8. The molecule has 0 aliphatic heterocycles. The number of benzene rings is 10. The first-order chi connectivity index (χ1) is 28.8. The van der Waals surface area contributed by atoms with Gasteiger partial charge in [0.15, 0.2) is 0 Å². The maximum atomic E-state index is 2.47. The van der Waals surface area contributed by atoms with Crippen LogP contribution >= 0.6 is 0 Å². The number of hydrogen-bond donors (Lipinski definition) is 0. The summed E-state index contributed by atoms with van der Waals surface area (Å²) in [4.78, 5) is 2.36. The molecule has 0 radical (unpaired) electrons. The molecule has 0 saturated heterocycles. The predicted octanol–water partition coefficient (Wildman–Crippen LogP) is 15.6. The molecule has 0 spiro atoms. The molecule has 0 amide bonds. The van der Waals surface area contributed by atoms with E-state index in [9.17, 15) is 0 Å². The van der Waals surface area contributed by atoms with Crippen molar-refractivity contribution in [3.63, 3.8) is 0 Å². The van der Waals surface area contributed by atoms with Crippen LogP contribution in [0.5, 0.6) is 0 Å². The molecule has 0 unspecified atom stereocenters. The Balaban J connectivity index is 1.09. The van der Waals surface area contributed by atoms with Crippen LogP contribution in [0.3, 0.4) is 0 Å². The van der Waals surface area contributed by atoms with E-state index in [1.54, 1.807) is 0 Å². The maximum Gasteiger partial charge on any atom is 0.0625 e. The van der Waals surface area contributed by atoms with Gasteiger partial charge in [-0.25, -0.2) is 0 Å². The molecule has 272 valence electrons. The monoisotopic (exact) mass is 738 g/mol. The Morgan fingerprint density at radius 2 is 0.759 bits per heavy atom. The average Bonchev–Trinajstić information content (AvgIpc) is 3.63. The van der Waals surface area contributed by atoms with Gasteiger partial charge in [0.1, 0.15) is 0 Å². The highest BCUT2D eigenvalue weighted by Gasteiger charge is 2.21. The summed E-state index contributed by atoms with van der Waals surface area (Å²) in [7, 11) is 0. The van der Waals surface area contributed by atoms with Crippen molar-refractivity contribution in [2.75, 3.05) is 4.90 Å². The summed E-state index contributed by atoms with van der Waals surface area (Å²) in [5.41, 5.74) is 14.1. The molecule has 10 aromatic carbocycles. The smallest absolute Gasteiger partial charge is 0.0625 e. The quantitative estimate of drug-likeness (QED) is 0.158. The number of nitrogens with zero attached hydrogens (tertiary/aromatic N) is 2. The van der Waals surface area contributed by atoms with E-state index in [1.807, 2.05) is 0 Å². The van der Waals surface area contributed by atoms with Crippen molar-refractivity contribution >= 4 is 60.4 Å². The molecule has 2 nitrogen and oxygen atoms in total. The lowest BCUT2D eigenvalue weighted by molar-refractivity contribution is 1.19. The minimum absolute atomic E-state index is 1.09. The second kappa shape index (κ2) is 14.1. The van der Waals surface area contributed by atoms with Crippen molar-refractivity contribution in [3.05, 3.63) is 231 Å². The molecule has 11 rings (SSSR count). The fourth-order valence-electron chi connectivity index (χ4n) is 8.76. The van der Waals surface area contributed by atoms with Crippen LogP contribution in [0.25, 0.3) is 82.4 Å². The topological polar surface area (TPSA) is 8.17 Å². The summed E-state index contributed by atoms with van der Waals surface area (Å²) < 4.78 is 2.47. The Morgan fingerprint density at radius 1 is 0.293 bits per heavy atom. The second-order valence-corrected chi connectivity index (χ2v) is 15.0. The number of fused-ring (bicyclic) bond motifs is 5. The Kier molecular flexibility index (Phi) is 8.19. The molecular weight excluding hydrogens is 701 g/mol. The number of hydrogen-bond acceptors (Lipinski definition) is 1. The van der Waals surface area contributed by atoms with Crippen molar-refractivity contribution in [3.8, 4) is 39.1 Å². The molecule has 0 aliphatic carbocycles. The van der Waals surface area contributed by atoms with Crippen molar-refractivity contribution in [2.24, 2.45) is 0 Å². The van der Waals surface area contributed by atoms with Gasteiger partial charge in [-0.3, -0.25) is 0 Å². The summed E-state index contributed by atoms with van der Waals surface area (Å²) in [5.74, 6) is 0. The molecule has 0 saturated carbocycles. The lowest BCUT2D eigenvalue weighted by Gasteiger charge is -2.26. The third-order valence-electron chi connectivity index (χ3n) is 11.6. The van der Waals surface area contributed by atoms with Gasteiger partial charge in [-0.1, -0.05) is 170 Å². The van der Waals surface area contributed by atoms with Gasteiger partial charge in [0.25, 0.3) is 0 Å². The van der Waals surface area contributed by atoms with E-state index >= 15 is 0 Å². The number of para-hydroxylation sites is 1. The van der Waals surface area contributed by atoms with Crippen LogP contribution in [-0.4, -0.2) is 4.57 Å². The fraction of sp³-hybridized carbons (Fsp3) is 0. The Bertz CT molecular complexity index is 3150. The predicted molar refractivity (Wildman–Crippen MR) is 247 cm³/mol. The SMILES string of the molecule is c1ccc(-c2ccc(N(c3ccc(-c4ccccc4)cc3)c3ccc(-c4c5ccccc5cc5c6ccccc6n(-c6ccc7ccccc7c6)c45)cc3)cc2)cc1. The summed E-state index contributed by atoms with van der Waals surface area (Å²) in [6, 6.07) is 83.7. The van der Waals surface area contributed by atoms with Crippen LogP contribution in [0.15, 0.2) is 231 Å². The number of rotatable bonds is 7. The van der Waals surface area contributed by atoms with Crippen LogP contribution in [0.4, 0.5) is 17.1 Å². The summed E-state index contributed by atoms with van der Waals surface area (Å²) >= 11 is 0. The molecule has 0 fully saturated rings. The van der Waals surface area contributed by atoms with E-state index in [-0.39, 0.29) is 0 Å². The highest BCUT2D eigenvalue weighted by Crippen LogP contribution is 2.44. The summed E-state index contributed by atoms with van der Waals surface area (Å²) in [6.07, 6.45) is 0. The fourth-order valence-corrected chi connectivity index (χ4v) is 8.76. The first kappa shape index (κ1) is 33.6. The lowest BCUT2D eigenvalue weighted by atomic mass is 9.94. The van der Waals surface area contributed by atoms with Crippen LogP contribution in [0, 0.1) is 0 Å². The van der Waals surface area contributed by atoms with Gasteiger partial charge in [0.2, 0.25) is 0 Å².